The fourth-order valence-electron chi connectivity index (χ4n) is 1.04. The molecule has 0 saturated carbocycles. The van der Waals surface area contributed by atoms with Gasteiger partial charge < -0.3 is 14.8 Å². The molecule has 0 aromatic carbocycles. The number of carbonyl (C=O) groups is 1. The maximum absolute atomic E-state index is 11.4. The van der Waals surface area contributed by atoms with Crippen LogP contribution < -0.4 is 5.32 Å². The van der Waals surface area contributed by atoms with Crippen molar-refractivity contribution in [3.63, 3.8) is 0 Å². The molecule has 0 aromatic rings. The van der Waals surface area contributed by atoms with E-state index in [0.717, 1.165) is 12.2 Å². The summed E-state index contributed by atoms with van der Waals surface area (Å²) in [5.41, 5.74) is 0. The molecule has 1 amide bonds. The summed E-state index contributed by atoms with van der Waals surface area (Å²) in [5.74, 6) is 0.896. The molecule has 5 heteroatoms. The summed E-state index contributed by atoms with van der Waals surface area (Å²) in [6.45, 7) is 3.17. The van der Waals surface area contributed by atoms with E-state index in [1.54, 1.807) is 18.9 Å². The lowest BCUT2D eigenvalue weighted by Crippen LogP contribution is -2.38. The minimum atomic E-state index is -0.0491. The van der Waals surface area contributed by atoms with Crippen LogP contribution in [0.3, 0.4) is 0 Å². The van der Waals surface area contributed by atoms with Crippen LogP contribution in [0.5, 0.6) is 0 Å². The molecule has 1 unspecified atom stereocenters. The van der Waals surface area contributed by atoms with Crippen LogP contribution in [0.25, 0.3) is 0 Å². The second-order valence-electron chi connectivity index (χ2n) is 3.17. The SMILES string of the molecule is CCC(CSC)NC(=O)COCCOC. The van der Waals surface area contributed by atoms with E-state index in [-0.39, 0.29) is 18.6 Å². The molecule has 0 aliphatic heterocycles. The first-order valence-electron chi connectivity index (χ1n) is 5.09. The summed E-state index contributed by atoms with van der Waals surface area (Å²) in [7, 11) is 1.61. The van der Waals surface area contributed by atoms with Gasteiger partial charge in [-0.3, -0.25) is 4.79 Å². The second-order valence-corrected chi connectivity index (χ2v) is 4.08. The molecule has 0 saturated heterocycles. The van der Waals surface area contributed by atoms with Crippen molar-refractivity contribution in [1.82, 2.24) is 5.32 Å². The average molecular weight is 235 g/mol. The predicted molar refractivity (Wildman–Crippen MR) is 63.3 cm³/mol. The average Bonchev–Trinajstić information content (AvgIpc) is 2.24. The number of nitrogens with one attached hydrogen (secondary N) is 1. The molecule has 0 spiro atoms. The topological polar surface area (TPSA) is 47.6 Å². The molecule has 0 fully saturated rings. The van der Waals surface area contributed by atoms with Gasteiger partial charge in [0.15, 0.2) is 0 Å². The zero-order valence-corrected chi connectivity index (χ0v) is 10.6. The molecule has 0 aliphatic rings. The zero-order chi connectivity index (χ0) is 11.5. The minimum Gasteiger partial charge on any atom is -0.382 e. The maximum Gasteiger partial charge on any atom is 0.246 e. The molecular formula is C10H21NO3S. The number of hydrogen-bond acceptors (Lipinski definition) is 4. The monoisotopic (exact) mass is 235 g/mol. The third-order valence-electron chi connectivity index (χ3n) is 1.89. The van der Waals surface area contributed by atoms with Gasteiger partial charge in [0.25, 0.3) is 0 Å². The molecule has 1 N–H and O–H groups in total. The minimum absolute atomic E-state index is 0.0491. The van der Waals surface area contributed by atoms with Crippen molar-refractivity contribution in [3.05, 3.63) is 0 Å². The molecular weight excluding hydrogens is 214 g/mol. The van der Waals surface area contributed by atoms with Gasteiger partial charge in [-0.1, -0.05) is 6.92 Å². The Morgan fingerprint density at radius 1 is 1.47 bits per heavy atom. The van der Waals surface area contributed by atoms with Gasteiger partial charge in [0.1, 0.15) is 6.61 Å². The number of ether oxygens (including phenoxy) is 2. The Morgan fingerprint density at radius 2 is 2.20 bits per heavy atom. The van der Waals surface area contributed by atoms with E-state index in [1.807, 2.05) is 6.26 Å². The first-order chi connectivity index (χ1) is 7.24. The Kier molecular flexibility index (Phi) is 10.1. The van der Waals surface area contributed by atoms with Crippen molar-refractivity contribution < 1.29 is 14.3 Å². The van der Waals surface area contributed by atoms with Crippen LogP contribution in [0.1, 0.15) is 13.3 Å². The van der Waals surface area contributed by atoms with Gasteiger partial charge in [0.05, 0.1) is 13.2 Å². The van der Waals surface area contributed by atoms with Crippen molar-refractivity contribution in [3.8, 4) is 0 Å². The summed E-state index contributed by atoms with van der Waals surface area (Å²) in [6, 6.07) is 0.249. The number of rotatable bonds is 9. The first kappa shape index (κ1) is 14.7. The lowest BCUT2D eigenvalue weighted by atomic mass is 10.2. The molecule has 1 atom stereocenters. The third kappa shape index (κ3) is 8.72. The van der Waals surface area contributed by atoms with E-state index in [0.29, 0.717) is 13.2 Å². The molecule has 90 valence electrons. The van der Waals surface area contributed by atoms with Crippen molar-refractivity contribution in [2.24, 2.45) is 0 Å². The number of carbonyl (C=O) groups excluding carboxylic acids is 1. The van der Waals surface area contributed by atoms with Gasteiger partial charge in [0, 0.05) is 18.9 Å². The van der Waals surface area contributed by atoms with Crippen LogP contribution >= 0.6 is 11.8 Å². The largest absolute Gasteiger partial charge is 0.382 e. The first-order valence-corrected chi connectivity index (χ1v) is 6.49. The normalized spacial score (nSPS) is 12.5. The maximum atomic E-state index is 11.4. The van der Waals surface area contributed by atoms with E-state index in [1.165, 1.54) is 0 Å². The van der Waals surface area contributed by atoms with Crippen molar-refractivity contribution in [2.75, 3.05) is 38.9 Å². The second kappa shape index (κ2) is 10.3. The summed E-state index contributed by atoms with van der Waals surface area (Å²) < 4.78 is 9.92. The highest BCUT2D eigenvalue weighted by Gasteiger charge is 2.09. The molecule has 0 heterocycles. The van der Waals surface area contributed by atoms with Crippen LogP contribution in [-0.4, -0.2) is 50.9 Å². The predicted octanol–water partition coefficient (Wildman–Crippen LogP) is 0.907. The molecule has 0 aromatic heterocycles. The van der Waals surface area contributed by atoms with E-state index in [2.05, 4.69) is 12.2 Å². The number of amides is 1. The fraction of sp³-hybridized carbons (Fsp3) is 0.900. The van der Waals surface area contributed by atoms with Crippen LogP contribution in [0, 0.1) is 0 Å². The fourth-order valence-corrected chi connectivity index (χ4v) is 1.76. The van der Waals surface area contributed by atoms with Gasteiger partial charge in [-0.05, 0) is 12.7 Å². The van der Waals surface area contributed by atoms with Crippen LogP contribution in [-0.2, 0) is 14.3 Å². The number of hydrogen-bond donors (Lipinski definition) is 1. The zero-order valence-electron chi connectivity index (χ0n) is 9.75. The molecule has 0 bridgehead atoms. The highest BCUT2D eigenvalue weighted by Crippen LogP contribution is 2.00. The number of methoxy groups -OCH3 is 1. The lowest BCUT2D eigenvalue weighted by Gasteiger charge is -2.15. The van der Waals surface area contributed by atoms with Crippen LogP contribution in [0.15, 0.2) is 0 Å². The van der Waals surface area contributed by atoms with E-state index in [9.17, 15) is 4.79 Å². The Labute approximate surface area is 96.1 Å². The Balaban J connectivity index is 3.52. The molecule has 4 nitrogen and oxygen atoms in total. The highest BCUT2D eigenvalue weighted by atomic mass is 32.2. The van der Waals surface area contributed by atoms with Gasteiger partial charge >= 0.3 is 0 Å². The molecule has 0 rings (SSSR count). The standard InChI is InChI=1S/C10H21NO3S/c1-4-9(8-15-3)11-10(12)7-14-6-5-13-2/h9H,4-8H2,1-3H3,(H,11,12). The van der Waals surface area contributed by atoms with E-state index < -0.39 is 0 Å². The van der Waals surface area contributed by atoms with Crippen molar-refractivity contribution >= 4 is 17.7 Å². The third-order valence-corrected chi connectivity index (χ3v) is 2.63. The van der Waals surface area contributed by atoms with Crippen LogP contribution in [0.2, 0.25) is 0 Å². The highest BCUT2D eigenvalue weighted by molar-refractivity contribution is 7.98. The summed E-state index contributed by atoms with van der Waals surface area (Å²) in [4.78, 5) is 11.4. The summed E-state index contributed by atoms with van der Waals surface area (Å²) in [6.07, 6.45) is 2.98. The van der Waals surface area contributed by atoms with Gasteiger partial charge in [-0.25, -0.2) is 0 Å². The van der Waals surface area contributed by atoms with Crippen LogP contribution in [0.4, 0.5) is 0 Å². The molecule has 15 heavy (non-hydrogen) atoms. The lowest BCUT2D eigenvalue weighted by molar-refractivity contribution is -0.126. The molecule has 0 radical (unpaired) electrons. The number of thioether (sulfide) groups is 1. The van der Waals surface area contributed by atoms with Gasteiger partial charge in [0.2, 0.25) is 5.91 Å². The van der Waals surface area contributed by atoms with Gasteiger partial charge in [-0.2, -0.15) is 11.8 Å². The summed E-state index contributed by atoms with van der Waals surface area (Å²) >= 11 is 1.73. The quantitative estimate of drug-likeness (QED) is 0.603. The Morgan fingerprint density at radius 3 is 2.73 bits per heavy atom. The smallest absolute Gasteiger partial charge is 0.246 e. The molecule has 0 aliphatic carbocycles. The summed E-state index contributed by atoms with van der Waals surface area (Å²) in [5, 5.41) is 2.92. The van der Waals surface area contributed by atoms with E-state index in [4.69, 9.17) is 9.47 Å². The Hall–Kier alpha value is -0.260. The Bertz CT molecular complexity index is 167. The van der Waals surface area contributed by atoms with Gasteiger partial charge in [-0.15, -0.1) is 0 Å². The van der Waals surface area contributed by atoms with Crippen molar-refractivity contribution in [1.29, 1.82) is 0 Å². The van der Waals surface area contributed by atoms with Crippen molar-refractivity contribution in [2.45, 2.75) is 19.4 Å². The van der Waals surface area contributed by atoms with E-state index >= 15 is 0 Å².